The van der Waals surface area contributed by atoms with Crippen LogP contribution in [-0.4, -0.2) is 36.6 Å². The van der Waals surface area contributed by atoms with Crippen molar-refractivity contribution in [2.75, 3.05) is 5.75 Å². The van der Waals surface area contributed by atoms with E-state index in [-0.39, 0.29) is 17.7 Å². The summed E-state index contributed by atoms with van der Waals surface area (Å²) < 4.78 is 2.04. The number of hydrogen-bond donors (Lipinski definition) is 1. The maximum atomic E-state index is 10.8. The predicted octanol–water partition coefficient (Wildman–Crippen LogP) is 3.03. The highest BCUT2D eigenvalue weighted by molar-refractivity contribution is 7.99. The van der Waals surface area contributed by atoms with Crippen LogP contribution in [0.1, 0.15) is 50.0 Å². The van der Waals surface area contributed by atoms with E-state index in [9.17, 15) is 4.79 Å². The summed E-state index contributed by atoms with van der Waals surface area (Å²) in [5.41, 5.74) is 0. The van der Waals surface area contributed by atoms with Gasteiger partial charge in [-0.05, 0) is 6.42 Å². The molecule has 1 atom stereocenters. The zero-order valence-electron chi connectivity index (χ0n) is 12.2. The van der Waals surface area contributed by atoms with Gasteiger partial charge in [-0.25, -0.2) is 4.98 Å². The summed E-state index contributed by atoms with van der Waals surface area (Å²) in [7, 11) is 0. The van der Waals surface area contributed by atoms with Crippen LogP contribution in [0.4, 0.5) is 0 Å². The molecule has 0 bridgehead atoms. The Balaban J connectivity index is 2.42. The van der Waals surface area contributed by atoms with Crippen LogP contribution in [0.3, 0.4) is 0 Å². The zero-order chi connectivity index (χ0) is 15.4. The van der Waals surface area contributed by atoms with Gasteiger partial charge in [-0.1, -0.05) is 32.5 Å². The summed E-state index contributed by atoms with van der Waals surface area (Å²) in [4.78, 5) is 15.2. The molecule has 2 rings (SSSR count). The van der Waals surface area contributed by atoms with Gasteiger partial charge in [-0.3, -0.25) is 9.36 Å². The monoisotopic (exact) mass is 326 g/mol. The van der Waals surface area contributed by atoms with E-state index in [4.69, 9.17) is 5.11 Å². The van der Waals surface area contributed by atoms with E-state index in [1.807, 2.05) is 9.95 Å². The molecule has 0 radical (unpaired) electrons. The number of aromatic nitrogens is 4. The van der Waals surface area contributed by atoms with E-state index in [1.54, 1.807) is 17.5 Å². The Labute approximate surface area is 131 Å². The van der Waals surface area contributed by atoms with Gasteiger partial charge in [-0.2, -0.15) is 0 Å². The van der Waals surface area contributed by atoms with E-state index >= 15 is 0 Å². The van der Waals surface area contributed by atoms with Gasteiger partial charge < -0.3 is 5.11 Å². The summed E-state index contributed by atoms with van der Waals surface area (Å²) in [6.07, 6.45) is 2.64. The van der Waals surface area contributed by atoms with Crippen LogP contribution in [0.25, 0.3) is 0 Å². The van der Waals surface area contributed by atoms with Crippen LogP contribution in [0.5, 0.6) is 0 Å². The summed E-state index contributed by atoms with van der Waals surface area (Å²) in [6.45, 7) is 6.20. The van der Waals surface area contributed by atoms with Gasteiger partial charge in [0.25, 0.3) is 0 Å². The van der Waals surface area contributed by atoms with Gasteiger partial charge in [-0.15, -0.1) is 21.5 Å². The SMILES string of the molecule is CCC(c1nccs1)n1c(SCC(=O)O)nnc1C(C)C. The summed E-state index contributed by atoms with van der Waals surface area (Å²) in [5, 5.41) is 20.9. The van der Waals surface area contributed by atoms with E-state index in [1.165, 1.54) is 11.8 Å². The number of carboxylic acid groups (broad SMARTS) is 1. The van der Waals surface area contributed by atoms with Crippen LogP contribution in [0, 0.1) is 0 Å². The number of thioether (sulfide) groups is 1. The van der Waals surface area contributed by atoms with E-state index < -0.39 is 5.97 Å². The molecule has 0 aliphatic carbocycles. The molecule has 114 valence electrons. The molecule has 2 heterocycles. The smallest absolute Gasteiger partial charge is 0.313 e. The van der Waals surface area contributed by atoms with Crippen LogP contribution in [0.15, 0.2) is 16.7 Å². The van der Waals surface area contributed by atoms with E-state index in [2.05, 4.69) is 36.0 Å². The topological polar surface area (TPSA) is 80.9 Å². The third-order valence-electron chi connectivity index (χ3n) is 2.97. The first-order valence-electron chi connectivity index (χ1n) is 6.73. The number of aliphatic carboxylic acids is 1. The van der Waals surface area contributed by atoms with Crippen molar-refractivity contribution in [1.29, 1.82) is 0 Å². The van der Waals surface area contributed by atoms with Crippen LogP contribution >= 0.6 is 23.1 Å². The van der Waals surface area contributed by atoms with Crippen molar-refractivity contribution >= 4 is 29.1 Å². The molecule has 21 heavy (non-hydrogen) atoms. The van der Waals surface area contributed by atoms with Crippen molar-refractivity contribution in [3.63, 3.8) is 0 Å². The second-order valence-corrected chi connectivity index (χ2v) is 6.71. The third kappa shape index (κ3) is 3.62. The summed E-state index contributed by atoms with van der Waals surface area (Å²) in [6, 6.07) is 0.0497. The molecule has 8 heteroatoms. The number of hydrogen-bond acceptors (Lipinski definition) is 6. The number of carboxylic acids is 1. The molecule has 1 N–H and O–H groups in total. The highest BCUT2D eigenvalue weighted by Gasteiger charge is 2.24. The lowest BCUT2D eigenvalue weighted by Gasteiger charge is -2.19. The highest BCUT2D eigenvalue weighted by Crippen LogP contribution is 2.32. The fourth-order valence-electron chi connectivity index (χ4n) is 2.07. The molecule has 0 amide bonds. The highest BCUT2D eigenvalue weighted by atomic mass is 32.2. The van der Waals surface area contributed by atoms with Crippen molar-refractivity contribution < 1.29 is 9.90 Å². The molecule has 0 aliphatic heterocycles. The maximum Gasteiger partial charge on any atom is 0.313 e. The molecule has 0 fully saturated rings. The average Bonchev–Trinajstić information content (AvgIpc) is 3.07. The minimum atomic E-state index is -0.858. The van der Waals surface area contributed by atoms with Crippen molar-refractivity contribution in [2.45, 2.75) is 44.3 Å². The zero-order valence-corrected chi connectivity index (χ0v) is 13.8. The van der Waals surface area contributed by atoms with E-state index in [0.29, 0.717) is 5.16 Å². The molecule has 0 spiro atoms. The maximum absolute atomic E-state index is 10.8. The van der Waals surface area contributed by atoms with Crippen molar-refractivity contribution in [3.8, 4) is 0 Å². The fourth-order valence-corrected chi connectivity index (χ4v) is 3.59. The average molecular weight is 326 g/mol. The first-order valence-corrected chi connectivity index (χ1v) is 8.59. The number of rotatable bonds is 7. The Morgan fingerprint density at radius 1 is 1.48 bits per heavy atom. The molecule has 6 nitrogen and oxygen atoms in total. The number of carbonyl (C=O) groups is 1. The molecule has 0 saturated carbocycles. The second kappa shape index (κ2) is 7.04. The van der Waals surface area contributed by atoms with Gasteiger partial charge in [0.15, 0.2) is 5.16 Å². The number of nitrogens with zero attached hydrogens (tertiary/aromatic N) is 4. The van der Waals surface area contributed by atoms with Crippen LogP contribution in [0.2, 0.25) is 0 Å². The Bertz CT molecular complexity index is 595. The molecule has 0 aliphatic rings. The Morgan fingerprint density at radius 3 is 2.76 bits per heavy atom. The van der Waals surface area contributed by atoms with Crippen molar-refractivity contribution in [3.05, 3.63) is 22.4 Å². The molecule has 2 aromatic heterocycles. The number of thiazole rings is 1. The van der Waals surface area contributed by atoms with Gasteiger partial charge in [0.2, 0.25) is 0 Å². The molecule has 0 aromatic carbocycles. The van der Waals surface area contributed by atoms with Gasteiger partial charge in [0, 0.05) is 17.5 Å². The molecular formula is C13H18N4O2S2. The van der Waals surface area contributed by atoms with Crippen molar-refractivity contribution in [1.82, 2.24) is 19.7 Å². The fraction of sp³-hybridized carbons (Fsp3) is 0.538. The Kier molecular flexibility index (Phi) is 5.35. The van der Waals surface area contributed by atoms with Crippen LogP contribution in [-0.2, 0) is 4.79 Å². The quantitative estimate of drug-likeness (QED) is 0.788. The second-order valence-electron chi connectivity index (χ2n) is 4.84. The Morgan fingerprint density at radius 2 is 2.24 bits per heavy atom. The third-order valence-corrected chi connectivity index (χ3v) is 4.77. The van der Waals surface area contributed by atoms with E-state index in [0.717, 1.165) is 17.3 Å². The Hall–Kier alpha value is -1.41. The molecular weight excluding hydrogens is 308 g/mol. The first-order chi connectivity index (χ1) is 10.0. The largest absolute Gasteiger partial charge is 0.481 e. The summed E-state index contributed by atoms with van der Waals surface area (Å²) in [5.74, 6) is 0.198. The lowest BCUT2D eigenvalue weighted by molar-refractivity contribution is -0.133. The van der Waals surface area contributed by atoms with Gasteiger partial charge in [0.05, 0.1) is 11.8 Å². The lowest BCUT2D eigenvalue weighted by Crippen LogP contribution is -2.15. The predicted molar refractivity (Wildman–Crippen MR) is 83.0 cm³/mol. The van der Waals surface area contributed by atoms with Gasteiger partial charge in [0.1, 0.15) is 10.8 Å². The molecule has 0 saturated heterocycles. The van der Waals surface area contributed by atoms with Gasteiger partial charge >= 0.3 is 5.97 Å². The van der Waals surface area contributed by atoms with Crippen molar-refractivity contribution in [2.24, 2.45) is 0 Å². The molecule has 1 unspecified atom stereocenters. The normalized spacial score (nSPS) is 12.8. The minimum Gasteiger partial charge on any atom is -0.481 e. The standard InChI is InChI=1S/C13H18N4O2S2/c1-4-9(12-14-5-6-20-12)17-11(8(2)3)15-16-13(17)21-7-10(18)19/h5-6,8-9H,4,7H2,1-3H3,(H,18,19). The first kappa shape index (κ1) is 16.0. The summed E-state index contributed by atoms with van der Waals surface area (Å²) >= 11 is 2.80. The lowest BCUT2D eigenvalue weighted by atomic mass is 10.1. The van der Waals surface area contributed by atoms with Crippen LogP contribution < -0.4 is 0 Å². The molecule has 2 aromatic rings. The minimum absolute atomic E-state index is 0.0233.